The first kappa shape index (κ1) is 25.2. The largest absolute Gasteiger partial charge is 0.416 e. The normalized spacial score (nSPS) is 15.0. The van der Waals surface area contributed by atoms with Crippen LogP contribution in [-0.2, 0) is 6.18 Å². The van der Waals surface area contributed by atoms with Gasteiger partial charge in [-0.05, 0) is 42.8 Å². The van der Waals surface area contributed by atoms with Crippen LogP contribution in [0.3, 0.4) is 0 Å². The molecule has 0 saturated carbocycles. The summed E-state index contributed by atoms with van der Waals surface area (Å²) in [5.74, 6) is -0.115. The van der Waals surface area contributed by atoms with E-state index in [-0.39, 0.29) is 36.3 Å². The highest BCUT2D eigenvalue weighted by molar-refractivity contribution is 5.87. The Labute approximate surface area is 208 Å². The smallest absolute Gasteiger partial charge is 0.395 e. The number of carbonyl (C=O) groups excluding carboxylic acids is 1. The van der Waals surface area contributed by atoms with Crippen LogP contribution < -0.4 is 15.5 Å². The molecule has 10 nitrogen and oxygen atoms in total. The summed E-state index contributed by atoms with van der Waals surface area (Å²) in [5, 5.41) is 37.3. The molecule has 2 heterocycles. The summed E-state index contributed by atoms with van der Waals surface area (Å²) >= 11 is 0. The van der Waals surface area contributed by atoms with E-state index in [0.29, 0.717) is 16.8 Å². The first-order chi connectivity index (χ1) is 17.7. The number of nitrogens with zero attached hydrogens (tertiary/aromatic N) is 6. The fourth-order valence-corrected chi connectivity index (χ4v) is 3.92. The molecule has 2 aromatic carbocycles. The second kappa shape index (κ2) is 10.0. The zero-order chi connectivity index (χ0) is 26.7. The number of urea groups is 1. The van der Waals surface area contributed by atoms with Crippen LogP contribution in [0.2, 0.25) is 0 Å². The number of allylic oxidation sites excluding steroid dienone is 2. The van der Waals surface area contributed by atoms with E-state index < -0.39 is 23.8 Å². The zero-order valence-corrected chi connectivity index (χ0v) is 19.3. The predicted molar refractivity (Wildman–Crippen MR) is 125 cm³/mol. The van der Waals surface area contributed by atoms with Gasteiger partial charge in [0.15, 0.2) is 0 Å². The second-order valence-electron chi connectivity index (χ2n) is 7.92. The third-order valence-corrected chi connectivity index (χ3v) is 5.59. The van der Waals surface area contributed by atoms with Crippen LogP contribution in [0.1, 0.15) is 29.7 Å². The van der Waals surface area contributed by atoms with Crippen LogP contribution >= 0.6 is 0 Å². The molecule has 0 saturated heterocycles. The number of rotatable bonds is 5. The highest BCUT2D eigenvalue weighted by Crippen LogP contribution is 2.43. The molecule has 0 spiro atoms. The van der Waals surface area contributed by atoms with Gasteiger partial charge in [-0.1, -0.05) is 18.2 Å². The number of aliphatic hydroxyl groups excluding tert-OH is 1. The molecule has 37 heavy (non-hydrogen) atoms. The highest BCUT2D eigenvalue weighted by Gasteiger charge is 2.37. The number of aliphatic hydroxyl groups is 1. The van der Waals surface area contributed by atoms with Crippen molar-refractivity contribution in [2.24, 2.45) is 0 Å². The lowest BCUT2D eigenvalue weighted by molar-refractivity contribution is -0.137. The van der Waals surface area contributed by atoms with Crippen molar-refractivity contribution < 1.29 is 23.1 Å². The lowest BCUT2D eigenvalue weighted by Gasteiger charge is -2.34. The quantitative estimate of drug-likeness (QED) is 0.475. The van der Waals surface area contributed by atoms with Crippen molar-refractivity contribution in [3.05, 3.63) is 76.5 Å². The second-order valence-corrected chi connectivity index (χ2v) is 7.92. The van der Waals surface area contributed by atoms with Crippen molar-refractivity contribution in [1.82, 2.24) is 20.1 Å². The Morgan fingerprint density at radius 1 is 1.16 bits per heavy atom. The maximum atomic E-state index is 13.5. The van der Waals surface area contributed by atoms with Crippen molar-refractivity contribution in [3.63, 3.8) is 0 Å². The monoisotopic (exact) mass is 508 g/mol. The highest BCUT2D eigenvalue weighted by atomic mass is 19.4. The first-order valence-electron chi connectivity index (χ1n) is 10.9. The number of halogens is 3. The van der Waals surface area contributed by atoms with Gasteiger partial charge in [-0.2, -0.15) is 28.7 Å². The van der Waals surface area contributed by atoms with Crippen LogP contribution in [0.15, 0.2) is 59.8 Å². The summed E-state index contributed by atoms with van der Waals surface area (Å²) in [6, 6.07) is 13.6. The Balaban J connectivity index is 1.89. The molecule has 0 fully saturated rings. The molecule has 3 N–H and O–H groups in total. The fourth-order valence-electron chi connectivity index (χ4n) is 3.92. The predicted octanol–water partition coefficient (Wildman–Crippen LogP) is 3.82. The number of anilines is 3. The molecule has 0 bridgehead atoms. The van der Waals surface area contributed by atoms with Crippen LogP contribution in [-0.4, -0.2) is 39.1 Å². The van der Waals surface area contributed by atoms with Crippen molar-refractivity contribution >= 4 is 23.6 Å². The lowest BCUT2D eigenvalue weighted by atomic mass is 9.95. The summed E-state index contributed by atoms with van der Waals surface area (Å²) in [4.78, 5) is 17.8. The Kier molecular flexibility index (Phi) is 6.82. The Hall–Kier alpha value is -4.88. The molecule has 1 unspecified atom stereocenters. The average Bonchev–Trinajstić information content (AvgIpc) is 3.28. The van der Waals surface area contributed by atoms with Gasteiger partial charge >= 0.3 is 12.2 Å². The molecule has 1 aliphatic rings. The van der Waals surface area contributed by atoms with Gasteiger partial charge in [-0.3, -0.25) is 10.2 Å². The van der Waals surface area contributed by atoms with Gasteiger partial charge < -0.3 is 10.4 Å². The number of amides is 2. The minimum absolute atomic E-state index is 0.0249. The van der Waals surface area contributed by atoms with E-state index in [2.05, 4.69) is 26.8 Å². The number of nitriles is 2. The number of carbonyl (C=O) groups is 1. The molecule has 1 atom stereocenters. The number of alkyl halides is 3. The zero-order valence-electron chi connectivity index (χ0n) is 19.3. The summed E-state index contributed by atoms with van der Waals surface area (Å²) in [6.07, 6.45) is -4.60. The molecular weight excluding hydrogens is 489 g/mol. The topological polar surface area (TPSA) is 143 Å². The average molecular weight is 508 g/mol. The summed E-state index contributed by atoms with van der Waals surface area (Å²) in [5.41, 5.74) is 0.650. The van der Waals surface area contributed by atoms with E-state index in [9.17, 15) is 23.2 Å². The Morgan fingerprint density at radius 2 is 1.89 bits per heavy atom. The van der Waals surface area contributed by atoms with Crippen molar-refractivity contribution in [1.29, 1.82) is 10.5 Å². The van der Waals surface area contributed by atoms with E-state index in [1.807, 2.05) is 6.07 Å². The molecular formula is C24H19F3N8O2. The van der Waals surface area contributed by atoms with Crippen molar-refractivity contribution in [3.8, 4) is 12.1 Å². The van der Waals surface area contributed by atoms with Gasteiger partial charge in [0.1, 0.15) is 6.04 Å². The molecule has 2 amide bonds. The fraction of sp³-hybridized carbons (Fsp3) is 0.208. The SMILES string of the molecule is CC1=C(C#N)C(c2ccc(C#N)cc2)n2nc(NC(=O)NCCO)nc2N1c1cccc(C(F)(F)F)c1. The molecule has 0 radical (unpaired) electrons. The molecule has 13 heteroatoms. The lowest BCUT2D eigenvalue weighted by Crippen LogP contribution is -2.31. The van der Waals surface area contributed by atoms with Crippen LogP contribution in [0.25, 0.3) is 0 Å². The Morgan fingerprint density at radius 3 is 2.51 bits per heavy atom. The maximum Gasteiger partial charge on any atom is 0.416 e. The number of nitrogens with one attached hydrogen (secondary N) is 2. The summed E-state index contributed by atoms with van der Waals surface area (Å²) in [6.45, 7) is 1.26. The van der Waals surface area contributed by atoms with Gasteiger partial charge in [0.05, 0.1) is 35.4 Å². The summed E-state index contributed by atoms with van der Waals surface area (Å²) in [7, 11) is 0. The van der Waals surface area contributed by atoms with E-state index in [0.717, 1.165) is 12.1 Å². The standard InChI is InChI=1S/C24H19F3N8O2/c1-14-19(13-29)20(16-7-5-15(12-28)6-8-16)35-23(32-21(33-35)31-22(37)30-9-10-36)34(14)18-4-2-3-17(11-18)24(25,26)27/h2-8,11,20,36H,9-10H2,1H3,(H2,30,31,33,37). The third-order valence-electron chi connectivity index (χ3n) is 5.59. The number of hydrogen-bond acceptors (Lipinski definition) is 7. The van der Waals surface area contributed by atoms with Crippen LogP contribution in [0.5, 0.6) is 0 Å². The van der Waals surface area contributed by atoms with Crippen molar-refractivity contribution in [2.45, 2.75) is 19.1 Å². The first-order valence-corrected chi connectivity index (χ1v) is 10.9. The summed E-state index contributed by atoms with van der Waals surface area (Å²) < 4.78 is 41.7. The number of hydrogen-bond donors (Lipinski definition) is 3. The van der Waals surface area contributed by atoms with Gasteiger partial charge in [-0.25, -0.2) is 9.48 Å². The number of aromatic nitrogens is 3. The van der Waals surface area contributed by atoms with E-state index in [1.165, 1.54) is 21.7 Å². The molecule has 1 aromatic heterocycles. The minimum Gasteiger partial charge on any atom is -0.395 e. The molecule has 0 aliphatic carbocycles. The van der Waals surface area contributed by atoms with Crippen LogP contribution in [0, 0.1) is 22.7 Å². The van der Waals surface area contributed by atoms with Crippen molar-refractivity contribution in [2.75, 3.05) is 23.4 Å². The third kappa shape index (κ3) is 4.94. The maximum absolute atomic E-state index is 13.5. The minimum atomic E-state index is -4.60. The molecule has 188 valence electrons. The molecule has 4 rings (SSSR count). The van der Waals surface area contributed by atoms with Gasteiger partial charge in [-0.15, -0.1) is 5.10 Å². The Bertz CT molecular complexity index is 1450. The van der Waals surface area contributed by atoms with E-state index >= 15 is 0 Å². The van der Waals surface area contributed by atoms with Gasteiger partial charge in [0, 0.05) is 17.9 Å². The molecule has 3 aromatic rings. The van der Waals surface area contributed by atoms with E-state index in [1.54, 1.807) is 31.2 Å². The molecule has 1 aliphatic heterocycles. The van der Waals surface area contributed by atoms with Gasteiger partial charge in [0.25, 0.3) is 5.95 Å². The van der Waals surface area contributed by atoms with E-state index in [4.69, 9.17) is 10.4 Å². The van der Waals surface area contributed by atoms with Crippen LogP contribution in [0.4, 0.5) is 35.5 Å². The number of benzene rings is 2. The number of fused-ring (bicyclic) bond motifs is 1. The van der Waals surface area contributed by atoms with Gasteiger partial charge in [0.2, 0.25) is 5.95 Å².